The lowest BCUT2D eigenvalue weighted by Crippen LogP contribution is -2.55. The second kappa shape index (κ2) is 18.0. The molecule has 8 nitrogen and oxygen atoms in total. The van der Waals surface area contributed by atoms with Gasteiger partial charge in [-0.3, -0.25) is 23.6 Å². The van der Waals surface area contributed by atoms with Gasteiger partial charge in [-0.05, 0) is 93.7 Å². The zero-order valence-electron chi connectivity index (χ0n) is 30.3. The van der Waals surface area contributed by atoms with Crippen molar-refractivity contribution >= 4 is 27.5 Å². The van der Waals surface area contributed by atoms with E-state index in [2.05, 4.69) is 36.4 Å². The first-order valence-electron chi connectivity index (χ1n) is 18.4. The number of allylic oxidation sites excluding steroid dienone is 3. The summed E-state index contributed by atoms with van der Waals surface area (Å²) in [4.78, 5) is 36.0. The molecule has 0 bridgehead atoms. The Hall–Kier alpha value is -4.09. The minimum Gasteiger partial charge on any atom is -0.347 e. The molecule has 2 saturated carbocycles. The van der Waals surface area contributed by atoms with Gasteiger partial charge in [0.15, 0.2) is 17.4 Å². The summed E-state index contributed by atoms with van der Waals surface area (Å²) in [7, 11) is -4.02. The van der Waals surface area contributed by atoms with Crippen LogP contribution in [0.15, 0.2) is 113 Å². The van der Waals surface area contributed by atoms with Crippen LogP contribution in [-0.4, -0.2) is 49.3 Å². The molecule has 8 rings (SSSR count). The molecule has 3 fully saturated rings. The molecule has 0 amide bonds. The molecule has 1 spiro atoms. The first-order chi connectivity index (χ1) is 24.9. The molecule has 1 N–H and O–H groups in total. The highest BCUT2D eigenvalue weighted by molar-refractivity contribution is 7.85. The molecule has 2 atom stereocenters. The van der Waals surface area contributed by atoms with Crippen molar-refractivity contribution in [1.82, 2.24) is 0 Å². The average molecular weight is 761 g/mol. The van der Waals surface area contributed by atoms with Gasteiger partial charge < -0.3 is 9.47 Å². The summed E-state index contributed by atoms with van der Waals surface area (Å²) < 4.78 is 41.9. The normalized spacial score (nSPS) is 24.1. The van der Waals surface area contributed by atoms with Gasteiger partial charge >= 0.3 is 0 Å². The van der Waals surface area contributed by atoms with Gasteiger partial charge in [0.25, 0.3) is 10.1 Å². The predicted molar refractivity (Wildman–Crippen MR) is 207 cm³/mol. The van der Waals surface area contributed by atoms with Crippen LogP contribution in [-0.2, 0) is 46.8 Å². The van der Waals surface area contributed by atoms with Gasteiger partial charge in [0.05, 0.1) is 28.9 Å². The highest BCUT2D eigenvalue weighted by Crippen LogP contribution is 2.58. The standard InChI is InChI=1S/C19H22O3.C17H18O2.C7H8O3S.CH4.FH/c20-17-8-10-18(14-15-5-2-1-3-6-15)16(13-17)7-4-9-19(18)21-11-12-22-19;18-15-9-10-17(12-13-5-2-1-3-6-13)14(11-15)7-4-8-16(17)19;1-6-2-4-7(5-3-6)11(8,9)10;;/h1-3,5-6,13H,4,7-12,14H2;1-3,5-6,11H,4,7-10,12H2;2-5H,1H3,(H,8,9,10);1H4;1H. The van der Waals surface area contributed by atoms with Gasteiger partial charge in [0, 0.05) is 25.7 Å². The van der Waals surface area contributed by atoms with Crippen molar-refractivity contribution in [1.29, 1.82) is 0 Å². The smallest absolute Gasteiger partial charge is 0.294 e. The maximum Gasteiger partial charge on any atom is 0.294 e. The minimum absolute atomic E-state index is 0. The first-order valence-corrected chi connectivity index (χ1v) is 19.8. The van der Waals surface area contributed by atoms with Crippen LogP contribution in [0.2, 0.25) is 0 Å². The zero-order valence-corrected chi connectivity index (χ0v) is 31.1. The van der Waals surface area contributed by atoms with E-state index in [1.807, 2.05) is 37.3 Å². The lowest BCUT2D eigenvalue weighted by Gasteiger charge is -2.53. The van der Waals surface area contributed by atoms with Crippen molar-refractivity contribution in [3.63, 3.8) is 0 Å². The van der Waals surface area contributed by atoms with E-state index < -0.39 is 15.9 Å². The molecule has 3 aromatic carbocycles. The van der Waals surface area contributed by atoms with Crippen molar-refractivity contribution in [2.45, 2.75) is 102 Å². The quantitative estimate of drug-likeness (QED) is 0.256. The van der Waals surface area contributed by atoms with Crippen LogP contribution in [0.25, 0.3) is 0 Å². The Labute approximate surface area is 319 Å². The molecule has 54 heavy (non-hydrogen) atoms. The number of carbonyl (C=O) groups excluding carboxylic acids is 3. The fraction of sp³-hybridized carbons (Fsp3) is 0.432. The Morgan fingerprint density at radius 2 is 1.19 bits per heavy atom. The van der Waals surface area contributed by atoms with E-state index in [-0.39, 0.29) is 39.4 Å². The van der Waals surface area contributed by atoms with Crippen molar-refractivity contribution < 1.29 is 41.5 Å². The van der Waals surface area contributed by atoms with E-state index in [0.29, 0.717) is 44.7 Å². The third-order valence-electron chi connectivity index (χ3n) is 11.3. The molecule has 5 aliphatic rings. The summed E-state index contributed by atoms with van der Waals surface area (Å²) in [5.74, 6) is 0.261. The van der Waals surface area contributed by atoms with Gasteiger partial charge in [0.1, 0.15) is 5.78 Å². The van der Waals surface area contributed by atoms with Gasteiger partial charge in [0.2, 0.25) is 0 Å². The molecule has 2 unspecified atom stereocenters. The number of ketones is 3. The Morgan fingerprint density at radius 3 is 1.78 bits per heavy atom. The van der Waals surface area contributed by atoms with Gasteiger partial charge in [-0.2, -0.15) is 8.42 Å². The third kappa shape index (κ3) is 9.22. The average Bonchev–Trinajstić information content (AvgIpc) is 3.61. The van der Waals surface area contributed by atoms with Crippen LogP contribution < -0.4 is 0 Å². The van der Waals surface area contributed by atoms with Crippen LogP contribution >= 0.6 is 0 Å². The maximum atomic E-state index is 12.5. The number of carbonyl (C=O) groups is 3. The molecule has 4 aliphatic carbocycles. The summed E-state index contributed by atoms with van der Waals surface area (Å²) in [5.41, 5.74) is 5.23. The number of Topliss-reactive ketones (excluding diaryl/α,β-unsaturated/α-hetero) is 1. The highest BCUT2D eigenvalue weighted by atomic mass is 32.2. The molecule has 1 saturated heterocycles. The van der Waals surface area contributed by atoms with E-state index in [0.717, 1.165) is 62.5 Å². The topological polar surface area (TPSA) is 124 Å². The van der Waals surface area contributed by atoms with E-state index in [4.69, 9.17) is 14.0 Å². The number of rotatable bonds is 5. The molecule has 1 aliphatic heterocycles. The van der Waals surface area contributed by atoms with Crippen LogP contribution in [0.1, 0.15) is 88.3 Å². The Bertz CT molecular complexity index is 1930. The summed E-state index contributed by atoms with van der Waals surface area (Å²) >= 11 is 0. The number of halogens is 1. The molecule has 3 aromatic rings. The van der Waals surface area contributed by atoms with Crippen molar-refractivity contribution in [2.24, 2.45) is 10.8 Å². The predicted octanol–water partition coefficient (Wildman–Crippen LogP) is 8.72. The van der Waals surface area contributed by atoms with Crippen LogP contribution in [0.4, 0.5) is 4.70 Å². The summed E-state index contributed by atoms with van der Waals surface area (Å²) in [6.07, 6.45) is 13.4. The Morgan fingerprint density at radius 1 is 0.648 bits per heavy atom. The lowest BCUT2D eigenvalue weighted by atomic mass is 9.58. The highest BCUT2D eigenvalue weighted by Gasteiger charge is 2.59. The van der Waals surface area contributed by atoms with E-state index in [1.165, 1.54) is 28.8 Å². The minimum atomic E-state index is -4.02. The number of hydrogen-bond acceptors (Lipinski definition) is 7. The molecule has 1 heterocycles. The van der Waals surface area contributed by atoms with E-state index in [1.54, 1.807) is 18.2 Å². The van der Waals surface area contributed by atoms with E-state index >= 15 is 0 Å². The third-order valence-corrected chi connectivity index (χ3v) is 12.2. The second-order valence-corrected chi connectivity index (χ2v) is 16.1. The van der Waals surface area contributed by atoms with E-state index in [9.17, 15) is 22.8 Å². The molecule has 0 radical (unpaired) electrons. The molecular formula is C44H53FO8S. The molecule has 10 heteroatoms. The number of fused-ring (bicyclic) bond motifs is 3. The molecule has 0 aromatic heterocycles. The van der Waals surface area contributed by atoms with Gasteiger partial charge in [-0.15, -0.1) is 0 Å². The second-order valence-electron chi connectivity index (χ2n) is 14.6. The number of hydrogen-bond donors (Lipinski definition) is 1. The van der Waals surface area contributed by atoms with Crippen molar-refractivity contribution in [3.8, 4) is 0 Å². The summed E-state index contributed by atoms with van der Waals surface area (Å²) in [6.45, 7) is 3.17. The first kappa shape index (κ1) is 42.6. The van der Waals surface area contributed by atoms with Gasteiger partial charge in [-0.1, -0.05) is 96.9 Å². The number of ether oxygens (including phenoxy) is 2. The fourth-order valence-electron chi connectivity index (χ4n) is 8.72. The zero-order chi connectivity index (χ0) is 36.8. The monoisotopic (exact) mass is 760 g/mol. The fourth-order valence-corrected chi connectivity index (χ4v) is 9.20. The van der Waals surface area contributed by atoms with Gasteiger partial charge in [-0.25, -0.2) is 0 Å². The largest absolute Gasteiger partial charge is 0.347 e. The lowest BCUT2D eigenvalue weighted by molar-refractivity contribution is -0.242. The SMILES string of the molecule is C.Cc1ccc(S(=O)(=O)O)cc1.F.O=C1C=C2CCCC(=O)C2(Cc2ccccc2)CC1.O=C1C=C2CCCC3(OCCO3)C2(Cc2ccccc2)CC1. The maximum absolute atomic E-state index is 12.5. The number of benzene rings is 3. The molecular weight excluding hydrogens is 708 g/mol. The van der Waals surface area contributed by atoms with Crippen molar-refractivity contribution in [3.05, 3.63) is 125 Å². The Balaban J connectivity index is 0.000000187. The van der Waals surface area contributed by atoms with Crippen LogP contribution in [0, 0.1) is 17.8 Å². The van der Waals surface area contributed by atoms with Crippen LogP contribution in [0.3, 0.4) is 0 Å². The Kier molecular flexibility index (Phi) is 14.2. The molecule has 290 valence electrons. The van der Waals surface area contributed by atoms with Crippen LogP contribution in [0.5, 0.6) is 0 Å². The summed E-state index contributed by atoms with van der Waals surface area (Å²) in [5, 5.41) is 0. The summed E-state index contributed by atoms with van der Waals surface area (Å²) in [6, 6.07) is 26.7. The number of aryl methyl sites for hydroxylation is 1. The van der Waals surface area contributed by atoms with Crippen molar-refractivity contribution in [2.75, 3.05) is 13.2 Å².